The van der Waals surface area contributed by atoms with Crippen LogP contribution in [-0.2, 0) is 23.1 Å². The Balaban J connectivity index is 1.27. The maximum Gasteiger partial charge on any atom is 0.227 e. The lowest BCUT2D eigenvalue weighted by atomic mass is 9.92. The predicted molar refractivity (Wildman–Crippen MR) is 108 cm³/mol. The first-order chi connectivity index (χ1) is 13.6. The van der Waals surface area contributed by atoms with E-state index in [-0.39, 0.29) is 5.92 Å². The van der Waals surface area contributed by atoms with Crippen molar-refractivity contribution in [1.29, 1.82) is 0 Å². The number of morpholine rings is 1. The fourth-order valence-corrected chi connectivity index (χ4v) is 5.07. The van der Waals surface area contributed by atoms with Gasteiger partial charge in [0.25, 0.3) is 0 Å². The maximum atomic E-state index is 12.9. The molecule has 156 valence electrons. The van der Waals surface area contributed by atoms with Gasteiger partial charge in [-0.3, -0.25) is 19.3 Å². The average Bonchev–Trinajstić information content (AvgIpc) is 3.05. The summed E-state index contributed by atoms with van der Waals surface area (Å²) in [6, 6.07) is 0.631. The van der Waals surface area contributed by atoms with Crippen molar-refractivity contribution in [1.82, 2.24) is 24.5 Å². The molecule has 7 heteroatoms. The molecular formula is C21H35N5O2. The molecule has 0 aliphatic carbocycles. The van der Waals surface area contributed by atoms with Crippen LogP contribution < -0.4 is 0 Å². The number of ether oxygens (including phenoxy) is 1. The Hall–Kier alpha value is -1.44. The van der Waals surface area contributed by atoms with Gasteiger partial charge in [-0.05, 0) is 52.2 Å². The minimum Gasteiger partial charge on any atom is -0.378 e. The van der Waals surface area contributed by atoms with Gasteiger partial charge < -0.3 is 9.64 Å². The maximum absolute atomic E-state index is 12.9. The summed E-state index contributed by atoms with van der Waals surface area (Å²) in [5.74, 6) is 0.542. The zero-order chi connectivity index (χ0) is 19.5. The van der Waals surface area contributed by atoms with E-state index in [2.05, 4.69) is 28.0 Å². The van der Waals surface area contributed by atoms with Crippen LogP contribution in [0.15, 0.2) is 6.20 Å². The smallest absolute Gasteiger partial charge is 0.227 e. The van der Waals surface area contributed by atoms with Gasteiger partial charge in [0.2, 0.25) is 5.91 Å². The van der Waals surface area contributed by atoms with Crippen molar-refractivity contribution in [2.24, 2.45) is 13.0 Å². The van der Waals surface area contributed by atoms with Crippen molar-refractivity contribution in [3.05, 3.63) is 17.5 Å². The van der Waals surface area contributed by atoms with E-state index >= 15 is 0 Å². The predicted octanol–water partition coefficient (Wildman–Crippen LogP) is 1.26. The SMILES string of the molecule is Cc1nn(C)cc1CN1CCC(N2CCC[C@H](C(=O)N3CCOCC3)C2)CC1. The topological polar surface area (TPSA) is 53.8 Å². The zero-order valence-electron chi connectivity index (χ0n) is 17.5. The summed E-state index contributed by atoms with van der Waals surface area (Å²) in [6.45, 7) is 10.4. The van der Waals surface area contributed by atoms with Crippen LogP contribution in [0.25, 0.3) is 0 Å². The largest absolute Gasteiger partial charge is 0.378 e. The molecular weight excluding hydrogens is 354 g/mol. The van der Waals surface area contributed by atoms with Crippen LogP contribution in [0.4, 0.5) is 0 Å². The number of hydrogen-bond acceptors (Lipinski definition) is 5. The number of nitrogens with zero attached hydrogens (tertiary/aromatic N) is 5. The summed E-state index contributed by atoms with van der Waals surface area (Å²) in [4.78, 5) is 20.1. The summed E-state index contributed by atoms with van der Waals surface area (Å²) in [5.41, 5.74) is 2.49. The average molecular weight is 390 g/mol. The fourth-order valence-electron chi connectivity index (χ4n) is 5.07. The number of aromatic nitrogens is 2. The summed E-state index contributed by atoms with van der Waals surface area (Å²) < 4.78 is 7.31. The number of aryl methyl sites for hydroxylation is 2. The molecule has 0 saturated carbocycles. The highest BCUT2D eigenvalue weighted by Gasteiger charge is 2.34. The number of rotatable bonds is 4. The van der Waals surface area contributed by atoms with E-state index in [1.54, 1.807) is 0 Å². The molecule has 0 aromatic carbocycles. The van der Waals surface area contributed by atoms with Gasteiger partial charge in [-0.2, -0.15) is 5.10 Å². The van der Waals surface area contributed by atoms with Crippen LogP contribution in [0.2, 0.25) is 0 Å². The molecule has 0 bridgehead atoms. The molecule has 28 heavy (non-hydrogen) atoms. The molecule has 7 nitrogen and oxygen atoms in total. The number of likely N-dealkylation sites (tertiary alicyclic amines) is 2. The van der Waals surface area contributed by atoms with Gasteiger partial charge >= 0.3 is 0 Å². The number of carbonyl (C=O) groups excluding carboxylic acids is 1. The lowest BCUT2D eigenvalue weighted by Gasteiger charge is -2.43. The first kappa shape index (κ1) is 19.9. The van der Waals surface area contributed by atoms with E-state index in [4.69, 9.17) is 4.74 Å². The summed E-state index contributed by atoms with van der Waals surface area (Å²) in [5, 5.41) is 4.47. The minimum atomic E-state index is 0.183. The summed E-state index contributed by atoms with van der Waals surface area (Å²) >= 11 is 0. The first-order valence-corrected chi connectivity index (χ1v) is 10.9. The molecule has 3 fully saturated rings. The molecule has 0 unspecified atom stereocenters. The molecule has 0 N–H and O–H groups in total. The quantitative estimate of drug-likeness (QED) is 0.776. The standard InChI is InChI=1S/C21H35N5O2/c1-17-19(14-23(2)22-17)15-24-8-5-20(6-9-24)26-7-3-4-18(16-26)21(27)25-10-12-28-13-11-25/h14,18,20H,3-13,15-16H2,1-2H3/t18-/m0/s1. The Morgan fingerprint density at radius 2 is 1.89 bits per heavy atom. The van der Waals surface area contributed by atoms with Gasteiger partial charge in [0, 0.05) is 51.0 Å². The zero-order valence-corrected chi connectivity index (χ0v) is 17.5. The molecule has 3 aliphatic heterocycles. The Labute approximate surface area is 168 Å². The number of hydrogen-bond donors (Lipinski definition) is 0. The summed E-state index contributed by atoms with van der Waals surface area (Å²) in [7, 11) is 1.99. The summed E-state index contributed by atoms with van der Waals surface area (Å²) in [6.07, 6.45) is 6.76. The number of carbonyl (C=O) groups is 1. The van der Waals surface area contributed by atoms with Crippen molar-refractivity contribution in [3.8, 4) is 0 Å². The lowest BCUT2D eigenvalue weighted by Crippen LogP contribution is -2.52. The molecule has 3 saturated heterocycles. The normalized spacial score (nSPS) is 25.9. The third kappa shape index (κ3) is 4.58. The minimum absolute atomic E-state index is 0.183. The Bertz CT molecular complexity index is 662. The van der Waals surface area contributed by atoms with Crippen molar-refractivity contribution < 1.29 is 9.53 Å². The third-order valence-electron chi connectivity index (χ3n) is 6.71. The second kappa shape index (κ2) is 8.93. The molecule has 1 atom stereocenters. The van der Waals surface area contributed by atoms with Crippen LogP contribution in [-0.4, -0.2) is 88.9 Å². The van der Waals surface area contributed by atoms with Crippen LogP contribution in [0.5, 0.6) is 0 Å². The Morgan fingerprint density at radius 1 is 1.14 bits per heavy atom. The van der Waals surface area contributed by atoms with Gasteiger partial charge in [-0.15, -0.1) is 0 Å². The van der Waals surface area contributed by atoms with Crippen molar-refractivity contribution in [2.75, 3.05) is 52.5 Å². The highest BCUT2D eigenvalue weighted by Crippen LogP contribution is 2.26. The van der Waals surface area contributed by atoms with Crippen LogP contribution in [0.1, 0.15) is 36.9 Å². The van der Waals surface area contributed by atoms with Gasteiger partial charge in [0.1, 0.15) is 0 Å². The molecule has 0 radical (unpaired) electrons. The van der Waals surface area contributed by atoms with E-state index in [1.807, 2.05) is 16.6 Å². The van der Waals surface area contributed by atoms with Crippen LogP contribution in [0, 0.1) is 12.8 Å². The Kier molecular flexibility index (Phi) is 6.33. The highest BCUT2D eigenvalue weighted by atomic mass is 16.5. The van der Waals surface area contributed by atoms with Crippen molar-refractivity contribution in [2.45, 2.75) is 45.2 Å². The van der Waals surface area contributed by atoms with Gasteiger partial charge in [0.15, 0.2) is 0 Å². The lowest BCUT2D eigenvalue weighted by molar-refractivity contribution is -0.142. The van der Waals surface area contributed by atoms with E-state index in [0.717, 1.165) is 64.3 Å². The molecule has 1 amide bonds. The molecule has 3 aliphatic rings. The molecule has 0 spiro atoms. The number of amides is 1. The van der Waals surface area contributed by atoms with Gasteiger partial charge in [-0.1, -0.05) is 0 Å². The highest BCUT2D eigenvalue weighted by molar-refractivity contribution is 5.79. The first-order valence-electron chi connectivity index (χ1n) is 10.9. The van der Waals surface area contributed by atoms with Gasteiger partial charge in [0.05, 0.1) is 24.8 Å². The van der Waals surface area contributed by atoms with E-state index < -0.39 is 0 Å². The van der Waals surface area contributed by atoms with Gasteiger partial charge in [-0.25, -0.2) is 0 Å². The van der Waals surface area contributed by atoms with E-state index in [9.17, 15) is 4.79 Å². The molecule has 4 heterocycles. The Morgan fingerprint density at radius 3 is 2.57 bits per heavy atom. The van der Waals surface area contributed by atoms with Crippen molar-refractivity contribution in [3.63, 3.8) is 0 Å². The molecule has 1 aromatic heterocycles. The molecule has 4 rings (SSSR count). The van der Waals surface area contributed by atoms with E-state index in [0.29, 0.717) is 25.2 Å². The second-order valence-corrected chi connectivity index (χ2v) is 8.69. The second-order valence-electron chi connectivity index (χ2n) is 8.69. The van der Waals surface area contributed by atoms with Crippen LogP contribution >= 0.6 is 0 Å². The third-order valence-corrected chi connectivity index (χ3v) is 6.71. The van der Waals surface area contributed by atoms with E-state index in [1.165, 1.54) is 18.4 Å². The molecule has 1 aromatic rings. The fraction of sp³-hybridized carbons (Fsp3) is 0.810. The number of piperidine rings is 2. The van der Waals surface area contributed by atoms with Crippen LogP contribution in [0.3, 0.4) is 0 Å². The van der Waals surface area contributed by atoms with Crippen molar-refractivity contribution >= 4 is 5.91 Å². The monoisotopic (exact) mass is 389 g/mol.